The van der Waals surface area contributed by atoms with Crippen LogP contribution in [-0.2, 0) is 4.79 Å². The molecule has 0 aliphatic heterocycles. The summed E-state index contributed by atoms with van der Waals surface area (Å²) in [6, 6.07) is 0. The zero-order valence-corrected chi connectivity index (χ0v) is 15.5. The van der Waals surface area contributed by atoms with E-state index < -0.39 is 41.5 Å². The Hall–Kier alpha value is -0.940. The van der Waals surface area contributed by atoms with Crippen molar-refractivity contribution in [2.24, 2.45) is 0 Å². The number of rotatable bonds is 13. The third kappa shape index (κ3) is 5.56. The summed E-state index contributed by atoms with van der Waals surface area (Å²) in [5, 5.41) is -5.05. The van der Waals surface area contributed by atoms with E-state index in [1.54, 1.807) is 0 Å². The molecule has 168 valence electrons. The second-order valence-electron chi connectivity index (χ2n) is 6.17. The van der Waals surface area contributed by atoms with Crippen molar-refractivity contribution in [1.29, 1.82) is 0 Å². The lowest BCUT2D eigenvalue weighted by atomic mass is 9.98. The van der Waals surface area contributed by atoms with Crippen LogP contribution in [-0.4, -0.2) is 41.5 Å². The predicted molar refractivity (Wildman–Crippen MR) is 81.6 cm³/mol. The second kappa shape index (κ2) is 9.71. The van der Waals surface area contributed by atoms with Gasteiger partial charge in [0, 0.05) is 6.54 Å². The molecule has 1 amide bonds. The average molecular weight is 456 g/mol. The molecule has 0 aromatic heterocycles. The number of halogens is 11. The van der Waals surface area contributed by atoms with Crippen LogP contribution in [0.3, 0.4) is 0 Å². The highest BCUT2D eigenvalue weighted by atomic mass is 35.5. The molecule has 0 aliphatic carbocycles. The van der Waals surface area contributed by atoms with E-state index in [1.165, 1.54) is 5.32 Å². The third-order valence-corrected chi connectivity index (χ3v) is 4.13. The van der Waals surface area contributed by atoms with Crippen molar-refractivity contribution in [3.63, 3.8) is 0 Å². The van der Waals surface area contributed by atoms with E-state index in [2.05, 4.69) is 11.6 Å². The van der Waals surface area contributed by atoms with Crippen molar-refractivity contribution >= 4 is 17.5 Å². The van der Waals surface area contributed by atoms with Gasteiger partial charge in [-0.15, -0.1) is 0 Å². The summed E-state index contributed by atoms with van der Waals surface area (Å²) < 4.78 is 131. The van der Waals surface area contributed by atoms with Crippen LogP contribution in [0.1, 0.15) is 51.9 Å². The van der Waals surface area contributed by atoms with Crippen LogP contribution in [0, 0.1) is 0 Å². The first-order valence-electron chi connectivity index (χ1n) is 8.34. The topological polar surface area (TPSA) is 29.1 Å². The maximum absolute atomic E-state index is 13.5. The zero-order valence-electron chi connectivity index (χ0n) is 14.7. The molecule has 0 saturated heterocycles. The van der Waals surface area contributed by atoms with Gasteiger partial charge in [-0.25, -0.2) is 0 Å². The Kier molecular flexibility index (Phi) is 9.38. The minimum atomic E-state index is -7.33. The molecule has 2 nitrogen and oxygen atoms in total. The highest BCUT2D eigenvalue weighted by Gasteiger charge is 2.87. The lowest BCUT2D eigenvalue weighted by Gasteiger charge is -2.37. The number of amides is 1. The van der Waals surface area contributed by atoms with Gasteiger partial charge in [-0.1, -0.05) is 45.4 Å². The second-order valence-corrected chi connectivity index (χ2v) is 6.65. The molecule has 0 aromatic carbocycles. The fourth-order valence-electron chi connectivity index (χ4n) is 2.11. The van der Waals surface area contributed by atoms with Crippen molar-refractivity contribution in [3.8, 4) is 0 Å². The van der Waals surface area contributed by atoms with E-state index in [9.17, 15) is 48.7 Å². The van der Waals surface area contributed by atoms with Gasteiger partial charge in [0.15, 0.2) is 0 Å². The van der Waals surface area contributed by atoms with Crippen molar-refractivity contribution < 1.29 is 48.7 Å². The molecule has 0 radical (unpaired) electrons. The first-order valence-corrected chi connectivity index (χ1v) is 8.72. The van der Waals surface area contributed by atoms with E-state index >= 15 is 0 Å². The van der Waals surface area contributed by atoms with Crippen molar-refractivity contribution in [3.05, 3.63) is 0 Å². The summed E-state index contributed by atoms with van der Waals surface area (Å²) in [6.45, 7) is 1.35. The fraction of sp³-hybridized carbons (Fsp3) is 0.933. The largest absolute Gasteiger partial charge is 0.393 e. The molecular formula is C15H20ClF10NO. The summed E-state index contributed by atoms with van der Waals surface area (Å²) >= 11 is 3.67. The lowest BCUT2D eigenvalue weighted by Crippen LogP contribution is -2.69. The average Bonchev–Trinajstić information content (AvgIpc) is 2.55. The summed E-state index contributed by atoms with van der Waals surface area (Å²) in [7, 11) is 0. The first kappa shape index (κ1) is 27.1. The summed E-state index contributed by atoms with van der Waals surface area (Å²) in [5.41, 5.74) is 0. The van der Waals surface area contributed by atoms with E-state index in [4.69, 9.17) is 0 Å². The maximum Gasteiger partial charge on any atom is 0.393 e. The van der Waals surface area contributed by atoms with Crippen LogP contribution in [0.15, 0.2) is 0 Å². The molecule has 0 spiro atoms. The van der Waals surface area contributed by atoms with Gasteiger partial charge in [-0.2, -0.15) is 43.9 Å². The van der Waals surface area contributed by atoms with E-state index in [1.807, 2.05) is 6.92 Å². The van der Waals surface area contributed by atoms with Crippen LogP contribution < -0.4 is 5.32 Å². The van der Waals surface area contributed by atoms with Gasteiger partial charge in [-0.3, -0.25) is 4.79 Å². The first-order chi connectivity index (χ1) is 12.5. The molecule has 0 aromatic rings. The Balaban J connectivity index is 4.98. The lowest BCUT2D eigenvalue weighted by molar-refractivity contribution is -0.382. The fourth-order valence-corrected chi connectivity index (χ4v) is 2.23. The van der Waals surface area contributed by atoms with Crippen LogP contribution in [0.5, 0.6) is 0 Å². The number of alkyl halides is 11. The normalized spacial score (nSPS) is 14.3. The molecule has 0 atom stereocenters. The number of hydrogen-bond acceptors (Lipinski definition) is 1. The van der Waals surface area contributed by atoms with Crippen molar-refractivity contribution in [2.45, 2.75) is 80.9 Å². The Morgan fingerprint density at radius 3 is 1.57 bits per heavy atom. The summed E-state index contributed by atoms with van der Waals surface area (Å²) in [4.78, 5) is 11.2. The third-order valence-electron chi connectivity index (χ3n) is 3.89. The number of hydrogen-bond donors (Lipinski definition) is 1. The summed E-state index contributed by atoms with van der Waals surface area (Å²) in [5.74, 6) is -30.9. The standard InChI is InChI=1S/C15H20ClF10NO/c1-2-3-4-5-6-7-8-9-27-10(28)11(17,18)12(19,20)13(21,22)14(23,24)15(16,25)26/h2-9H2,1H3,(H,27,28). The highest BCUT2D eigenvalue weighted by molar-refractivity contribution is 6.22. The highest BCUT2D eigenvalue weighted by Crippen LogP contribution is 2.57. The molecule has 0 bridgehead atoms. The van der Waals surface area contributed by atoms with Crippen LogP contribution >= 0.6 is 11.6 Å². The minimum absolute atomic E-state index is 0.0336. The van der Waals surface area contributed by atoms with Gasteiger partial charge < -0.3 is 5.32 Å². The van der Waals surface area contributed by atoms with Crippen LogP contribution in [0.2, 0.25) is 0 Å². The van der Waals surface area contributed by atoms with E-state index in [0.717, 1.165) is 25.7 Å². The molecule has 0 rings (SSSR count). The maximum atomic E-state index is 13.5. The van der Waals surface area contributed by atoms with Gasteiger partial charge in [-0.05, 0) is 18.0 Å². The molecule has 0 saturated carbocycles. The molecule has 0 unspecified atom stereocenters. The Bertz CT molecular complexity index is 508. The smallest absolute Gasteiger partial charge is 0.351 e. The monoisotopic (exact) mass is 455 g/mol. The van der Waals surface area contributed by atoms with Crippen molar-refractivity contribution in [2.75, 3.05) is 6.54 Å². The summed E-state index contributed by atoms with van der Waals surface area (Å²) in [6.07, 6.45) is 4.71. The number of unbranched alkanes of at least 4 members (excludes halogenated alkanes) is 6. The molecule has 28 heavy (non-hydrogen) atoms. The van der Waals surface area contributed by atoms with Gasteiger partial charge >= 0.3 is 29.1 Å². The molecule has 1 N–H and O–H groups in total. The molecular weight excluding hydrogens is 436 g/mol. The Morgan fingerprint density at radius 1 is 0.714 bits per heavy atom. The number of carbonyl (C=O) groups is 1. The zero-order chi connectivity index (χ0) is 22.4. The van der Waals surface area contributed by atoms with Crippen molar-refractivity contribution in [1.82, 2.24) is 5.32 Å². The number of carbonyl (C=O) groups excluding carboxylic acids is 1. The van der Waals surface area contributed by atoms with Crippen LogP contribution in [0.4, 0.5) is 43.9 Å². The molecule has 0 heterocycles. The Morgan fingerprint density at radius 2 is 1.14 bits per heavy atom. The number of nitrogens with one attached hydrogen (secondary N) is 1. The quantitative estimate of drug-likeness (QED) is 0.199. The molecule has 0 aliphatic rings. The van der Waals surface area contributed by atoms with Crippen LogP contribution in [0.25, 0.3) is 0 Å². The minimum Gasteiger partial charge on any atom is -0.351 e. The van der Waals surface area contributed by atoms with Gasteiger partial charge in [0.05, 0.1) is 0 Å². The SMILES string of the molecule is CCCCCCCCCNC(=O)C(F)(F)C(F)(F)C(F)(F)C(F)(F)C(F)(F)Cl. The van der Waals surface area contributed by atoms with Gasteiger partial charge in [0.25, 0.3) is 5.91 Å². The van der Waals surface area contributed by atoms with E-state index in [-0.39, 0.29) is 6.42 Å². The van der Waals surface area contributed by atoms with E-state index in [0.29, 0.717) is 12.8 Å². The predicted octanol–water partition coefficient (Wildman–Crippen LogP) is 6.23. The molecule has 13 heteroatoms. The molecule has 0 fully saturated rings. The van der Waals surface area contributed by atoms with Gasteiger partial charge in [0.2, 0.25) is 0 Å². The Labute approximate surface area is 160 Å². The van der Waals surface area contributed by atoms with Gasteiger partial charge in [0.1, 0.15) is 0 Å².